The maximum atomic E-state index is 10.2. The van der Waals surface area contributed by atoms with Crippen LogP contribution in [0.3, 0.4) is 0 Å². The summed E-state index contributed by atoms with van der Waals surface area (Å²) in [5.41, 5.74) is 0.839. The molecule has 0 spiro atoms. The number of aliphatic hydroxyl groups is 1. The Hall–Kier alpha value is -1.76. The Morgan fingerprint density at radius 2 is 1.52 bits per heavy atom. The van der Waals surface area contributed by atoms with E-state index in [0.29, 0.717) is 6.61 Å². The summed E-state index contributed by atoms with van der Waals surface area (Å²) < 4.78 is 18.8. The van der Waals surface area contributed by atoms with Crippen molar-refractivity contribution in [2.45, 2.75) is 58.2 Å². The molecule has 0 radical (unpaired) electrons. The van der Waals surface area contributed by atoms with Crippen LogP contribution in [0.5, 0.6) is 0 Å². The highest BCUT2D eigenvalue weighted by molar-refractivity contribution is 6.99. The summed E-state index contributed by atoms with van der Waals surface area (Å²) in [6.45, 7) is 11.1. The number of benzene rings is 2. The Morgan fingerprint density at radius 3 is 1.97 bits per heavy atom. The molecule has 31 heavy (non-hydrogen) atoms. The molecule has 2 aromatic carbocycles. The molecule has 1 N–H and O–H groups in total. The summed E-state index contributed by atoms with van der Waals surface area (Å²) in [6, 6.07) is 21.1. The van der Waals surface area contributed by atoms with Crippen LogP contribution in [0, 0.1) is 5.92 Å². The van der Waals surface area contributed by atoms with E-state index in [1.807, 2.05) is 19.1 Å². The van der Waals surface area contributed by atoms with E-state index in [4.69, 9.17) is 13.9 Å². The van der Waals surface area contributed by atoms with E-state index < -0.39 is 14.6 Å². The molecule has 0 aromatic heterocycles. The lowest BCUT2D eigenvalue weighted by Crippen LogP contribution is -2.67. The first kappa shape index (κ1) is 23.9. The third-order valence-corrected chi connectivity index (χ3v) is 11.3. The van der Waals surface area contributed by atoms with Gasteiger partial charge in [0, 0.05) is 13.0 Å². The topological polar surface area (TPSA) is 47.9 Å². The lowest BCUT2D eigenvalue weighted by Gasteiger charge is -2.44. The zero-order valence-corrected chi connectivity index (χ0v) is 20.5. The van der Waals surface area contributed by atoms with Crippen molar-refractivity contribution in [2.75, 3.05) is 13.7 Å². The molecule has 0 saturated carbocycles. The van der Waals surface area contributed by atoms with Gasteiger partial charge >= 0.3 is 0 Å². The van der Waals surface area contributed by atoms with Gasteiger partial charge in [-0.1, -0.05) is 94.4 Å². The van der Waals surface area contributed by atoms with E-state index in [2.05, 4.69) is 82.3 Å². The fourth-order valence-electron chi connectivity index (χ4n) is 4.66. The zero-order valence-electron chi connectivity index (χ0n) is 19.5. The van der Waals surface area contributed by atoms with Crippen molar-refractivity contribution in [1.82, 2.24) is 0 Å². The van der Waals surface area contributed by atoms with Crippen LogP contribution in [0.2, 0.25) is 5.04 Å². The van der Waals surface area contributed by atoms with E-state index in [-0.39, 0.29) is 23.2 Å². The van der Waals surface area contributed by atoms with Gasteiger partial charge in [-0.15, -0.1) is 0 Å². The number of ether oxygens (including phenoxy) is 2. The van der Waals surface area contributed by atoms with Gasteiger partial charge in [0.25, 0.3) is 8.32 Å². The van der Waals surface area contributed by atoms with Crippen LogP contribution in [0.25, 0.3) is 0 Å². The molecular weight excluding hydrogens is 404 g/mol. The van der Waals surface area contributed by atoms with Crippen LogP contribution < -0.4 is 10.4 Å². The number of hydrogen-bond donors (Lipinski definition) is 1. The molecule has 0 amide bonds. The first-order chi connectivity index (χ1) is 14.7. The molecule has 4 nitrogen and oxygen atoms in total. The van der Waals surface area contributed by atoms with E-state index in [1.165, 1.54) is 10.4 Å². The quantitative estimate of drug-likeness (QED) is 0.524. The van der Waals surface area contributed by atoms with Crippen molar-refractivity contribution in [3.63, 3.8) is 0 Å². The van der Waals surface area contributed by atoms with Gasteiger partial charge < -0.3 is 19.0 Å². The minimum Gasteiger partial charge on any atom is -0.405 e. The van der Waals surface area contributed by atoms with Crippen LogP contribution in [0.15, 0.2) is 72.3 Å². The van der Waals surface area contributed by atoms with Crippen LogP contribution in [0.4, 0.5) is 0 Å². The predicted octanol–water partition coefficient (Wildman–Crippen LogP) is 3.88. The fraction of sp³-hybridized carbons (Fsp3) is 0.462. The Morgan fingerprint density at radius 1 is 1.00 bits per heavy atom. The second kappa shape index (κ2) is 9.80. The smallest absolute Gasteiger partial charge is 0.261 e. The van der Waals surface area contributed by atoms with E-state index in [9.17, 15) is 5.11 Å². The van der Waals surface area contributed by atoms with Crippen LogP contribution in [0.1, 0.15) is 34.6 Å². The Bertz CT molecular complexity index is 820. The monoisotopic (exact) mass is 440 g/mol. The average molecular weight is 441 g/mol. The molecule has 0 saturated heterocycles. The molecule has 3 rings (SSSR count). The summed E-state index contributed by atoms with van der Waals surface area (Å²) in [5.74, 6) is 0.121. The second-order valence-electron chi connectivity index (χ2n) is 9.47. The van der Waals surface area contributed by atoms with E-state index in [1.54, 1.807) is 7.11 Å². The maximum absolute atomic E-state index is 10.2. The van der Waals surface area contributed by atoms with Crippen molar-refractivity contribution >= 4 is 18.7 Å². The minimum absolute atomic E-state index is 0.108. The highest BCUT2D eigenvalue weighted by atomic mass is 28.4. The molecule has 2 aromatic rings. The summed E-state index contributed by atoms with van der Waals surface area (Å²) in [6.07, 6.45) is 0.595. The maximum Gasteiger partial charge on any atom is 0.261 e. The number of hydrogen-bond acceptors (Lipinski definition) is 4. The number of methoxy groups -OCH3 is 1. The fourth-order valence-corrected chi connectivity index (χ4v) is 9.23. The minimum atomic E-state index is -2.66. The van der Waals surface area contributed by atoms with Gasteiger partial charge in [-0.05, 0) is 27.9 Å². The average Bonchev–Trinajstić information content (AvgIpc) is 2.75. The molecule has 4 atom stereocenters. The molecule has 5 heteroatoms. The first-order valence-corrected chi connectivity index (χ1v) is 12.9. The Balaban J connectivity index is 1.99. The summed E-state index contributed by atoms with van der Waals surface area (Å²) in [4.78, 5) is 0. The second-order valence-corrected chi connectivity index (χ2v) is 13.8. The Labute approximate surface area is 188 Å². The molecule has 0 aliphatic carbocycles. The molecular formula is C26H36O4Si. The van der Waals surface area contributed by atoms with Gasteiger partial charge in [-0.2, -0.15) is 0 Å². The summed E-state index contributed by atoms with van der Waals surface area (Å²) in [5, 5.41) is 12.6. The van der Waals surface area contributed by atoms with Gasteiger partial charge in [0.05, 0.1) is 12.7 Å². The first-order valence-electron chi connectivity index (χ1n) is 11.0. The highest BCUT2D eigenvalue weighted by Crippen LogP contribution is 2.37. The molecule has 168 valence electrons. The molecule has 1 unspecified atom stereocenters. The van der Waals surface area contributed by atoms with Crippen molar-refractivity contribution in [3.8, 4) is 0 Å². The molecule has 1 aliphatic heterocycles. The van der Waals surface area contributed by atoms with Crippen molar-refractivity contribution < 1.29 is 19.0 Å². The Kier molecular flexibility index (Phi) is 7.55. The normalized spacial score (nSPS) is 23.3. The van der Waals surface area contributed by atoms with Gasteiger partial charge in [0.15, 0.2) is 6.29 Å². The standard InChI is InChI=1S/C26H36O4Si/c1-19-17-20(2)25(27)30-24(19)23(28-6)18-29-31(26(3,4)5,21-13-9-7-10-14-21)22-15-11-8-12-16-22/h7-17,19,23-25,27H,18H2,1-6H3/t19-,23+,24+,25?/m1/s1. The van der Waals surface area contributed by atoms with Crippen molar-refractivity contribution in [3.05, 3.63) is 72.3 Å². The lowest BCUT2D eigenvalue weighted by molar-refractivity contribution is -0.176. The van der Waals surface area contributed by atoms with Gasteiger partial charge in [0.2, 0.25) is 0 Å². The molecule has 1 heterocycles. The SMILES string of the molecule is CO[C@@H](CO[Si](c1ccccc1)(c1ccccc1)C(C)(C)C)[C@H]1OC(O)C(C)=C[C@H]1C. The molecule has 0 fully saturated rings. The number of aliphatic hydroxyl groups excluding tert-OH is 1. The van der Waals surface area contributed by atoms with Crippen LogP contribution in [-0.2, 0) is 13.9 Å². The van der Waals surface area contributed by atoms with Gasteiger partial charge in [0.1, 0.15) is 6.10 Å². The van der Waals surface area contributed by atoms with Crippen LogP contribution in [-0.4, -0.2) is 45.6 Å². The zero-order chi connectivity index (χ0) is 22.6. The van der Waals surface area contributed by atoms with Crippen LogP contribution >= 0.6 is 0 Å². The van der Waals surface area contributed by atoms with E-state index in [0.717, 1.165) is 5.57 Å². The summed E-state index contributed by atoms with van der Waals surface area (Å²) >= 11 is 0. The van der Waals surface area contributed by atoms with E-state index >= 15 is 0 Å². The molecule has 0 bridgehead atoms. The molecule has 1 aliphatic rings. The largest absolute Gasteiger partial charge is 0.405 e. The van der Waals surface area contributed by atoms with Crippen molar-refractivity contribution in [2.24, 2.45) is 5.92 Å². The van der Waals surface area contributed by atoms with Crippen molar-refractivity contribution in [1.29, 1.82) is 0 Å². The third-order valence-electron chi connectivity index (χ3n) is 6.27. The van der Waals surface area contributed by atoms with Gasteiger partial charge in [-0.25, -0.2) is 0 Å². The summed E-state index contributed by atoms with van der Waals surface area (Å²) in [7, 11) is -0.970. The highest BCUT2D eigenvalue weighted by Gasteiger charge is 2.51. The van der Waals surface area contributed by atoms with Gasteiger partial charge in [-0.3, -0.25) is 0 Å². The lowest BCUT2D eigenvalue weighted by atomic mass is 9.94. The predicted molar refractivity (Wildman–Crippen MR) is 128 cm³/mol. The number of rotatable bonds is 7. The third kappa shape index (κ3) is 4.86.